The van der Waals surface area contributed by atoms with Crippen LogP contribution in [0.4, 0.5) is 17.1 Å². The van der Waals surface area contributed by atoms with Crippen LogP contribution in [0.5, 0.6) is 0 Å². The maximum absolute atomic E-state index is 10.7. The third-order valence-electron chi connectivity index (χ3n) is 3.65. The molecule has 1 aromatic carbocycles. The van der Waals surface area contributed by atoms with Gasteiger partial charge in [-0.05, 0) is 31.7 Å². The number of nitrogen functional groups attached to an aromatic ring is 1. The van der Waals surface area contributed by atoms with Crippen LogP contribution >= 0.6 is 0 Å². The van der Waals surface area contributed by atoms with Crippen molar-refractivity contribution in [1.82, 2.24) is 0 Å². The van der Waals surface area contributed by atoms with E-state index in [2.05, 4.69) is 11.8 Å². The molecule has 1 saturated carbocycles. The molecule has 0 saturated heterocycles. The third kappa shape index (κ3) is 2.55. The van der Waals surface area contributed by atoms with Crippen molar-refractivity contribution >= 4 is 17.1 Å². The van der Waals surface area contributed by atoms with Crippen LogP contribution in [-0.2, 0) is 0 Å². The van der Waals surface area contributed by atoms with Gasteiger partial charge in [-0.25, -0.2) is 0 Å². The molecular weight excluding hydrogens is 230 g/mol. The monoisotopic (exact) mass is 249 g/mol. The Kier molecular flexibility index (Phi) is 3.69. The fourth-order valence-electron chi connectivity index (χ4n) is 2.33. The van der Waals surface area contributed by atoms with Crippen molar-refractivity contribution in [3.05, 3.63) is 28.3 Å². The number of anilines is 2. The maximum Gasteiger partial charge on any atom is 0.271 e. The average molecular weight is 249 g/mol. The normalized spacial score (nSPS) is 15.2. The van der Waals surface area contributed by atoms with Crippen molar-refractivity contribution in [2.75, 3.05) is 23.7 Å². The van der Waals surface area contributed by atoms with Crippen LogP contribution in [0.3, 0.4) is 0 Å². The summed E-state index contributed by atoms with van der Waals surface area (Å²) in [5.74, 6) is 0.750. The molecule has 2 N–H and O–H groups in total. The van der Waals surface area contributed by atoms with E-state index in [9.17, 15) is 10.1 Å². The van der Waals surface area contributed by atoms with E-state index >= 15 is 0 Å². The highest BCUT2D eigenvalue weighted by molar-refractivity contribution is 5.70. The molecule has 1 fully saturated rings. The zero-order valence-electron chi connectivity index (χ0n) is 10.6. The molecule has 1 aromatic rings. The first kappa shape index (κ1) is 12.7. The van der Waals surface area contributed by atoms with E-state index in [-0.39, 0.29) is 5.69 Å². The molecule has 0 radical (unpaired) electrons. The zero-order chi connectivity index (χ0) is 13.1. The second-order valence-corrected chi connectivity index (χ2v) is 4.84. The van der Waals surface area contributed by atoms with Gasteiger partial charge in [0.2, 0.25) is 0 Å². The Morgan fingerprint density at radius 3 is 2.67 bits per heavy atom. The fraction of sp³-hybridized carbons (Fsp3) is 0.538. The molecule has 0 spiro atoms. The summed E-state index contributed by atoms with van der Waals surface area (Å²) in [6, 6.07) is 4.73. The number of benzene rings is 1. The highest BCUT2D eigenvalue weighted by atomic mass is 16.6. The number of hydrogen-bond acceptors (Lipinski definition) is 4. The van der Waals surface area contributed by atoms with Gasteiger partial charge < -0.3 is 10.6 Å². The molecule has 5 heteroatoms. The largest absolute Gasteiger partial charge is 0.397 e. The van der Waals surface area contributed by atoms with Crippen LogP contribution in [0.2, 0.25) is 0 Å². The van der Waals surface area contributed by atoms with Crippen LogP contribution < -0.4 is 10.6 Å². The number of hydrogen-bond donors (Lipinski definition) is 1. The van der Waals surface area contributed by atoms with Gasteiger partial charge in [0.1, 0.15) is 0 Å². The average Bonchev–Trinajstić information content (AvgIpc) is 2.29. The fourth-order valence-corrected chi connectivity index (χ4v) is 2.33. The van der Waals surface area contributed by atoms with E-state index in [0.717, 1.165) is 24.7 Å². The highest BCUT2D eigenvalue weighted by Gasteiger charge is 2.21. The first-order valence-corrected chi connectivity index (χ1v) is 6.40. The number of rotatable bonds is 5. The lowest BCUT2D eigenvalue weighted by atomic mass is 9.85. The summed E-state index contributed by atoms with van der Waals surface area (Å²) >= 11 is 0. The lowest BCUT2D eigenvalue weighted by Gasteiger charge is -2.33. The lowest BCUT2D eigenvalue weighted by molar-refractivity contribution is -0.384. The van der Waals surface area contributed by atoms with Crippen molar-refractivity contribution in [2.45, 2.75) is 26.2 Å². The standard InChI is InChI=1S/C13H19N3O2/c1-2-15(9-10-4-3-5-10)13-7-6-11(16(17)18)8-12(13)14/h6-8,10H,2-5,9,14H2,1H3. The van der Waals surface area contributed by atoms with Gasteiger partial charge in [-0.3, -0.25) is 10.1 Å². The van der Waals surface area contributed by atoms with Crippen LogP contribution in [-0.4, -0.2) is 18.0 Å². The Labute approximate surface area is 107 Å². The Morgan fingerprint density at radius 1 is 1.50 bits per heavy atom. The summed E-state index contributed by atoms with van der Waals surface area (Å²) < 4.78 is 0. The number of nitro benzene ring substituents is 1. The molecule has 18 heavy (non-hydrogen) atoms. The SMILES string of the molecule is CCN(CC1CCC1)c1ccc([N+](=O)[O-])cc1N. The van der Waals surface area contributed by atoms with Crippen molar-refractivity contribution in [1.29, 1.82) is 0 Å². The van der Waals surface area contributed by atoms with Gasteiger partial charge in [0.25, 0.3) is 5.69 Å². The van der Waals surface area contributed by atoms with E-state index in [1.54, 1.807) is 6.07 Å². The van der Waals surface area contributed by atoms with Crippen molar-refractivity contribution in [3.8, 4) is 0 Å². The molecule has 0 unspecified atom stereocenters. The quantitative estimate of drug-likeness (QED) is 0.494. The van der Waals surface area contributed by atoms with Crippen LogP contribution in [0.1, 0.15) is 26.2 Å². The summed E-state index contributed by atoms with van der Waals surface area (Å²) in [6.45, 7) is 3.95. The second kappa shape index (κ2) is 5.25. The molecule has 0 heterocycles. The molecule has 0 amide bonds. The first-order chi connectivity index (χ1) is 8.61. The number of nitro groups is 1. The molecule has 1 aliphatic carbocycles. The summed E-state index contributed by atoms with van der Waals surface area (Å²) in [7, 11) is 0. The Morgan fingerprint density at radius 2 is 2.22 bits per heavy atom. The minimum absolute atomic E-state index is 0.0518. The predicted molar refractivity (Wildman–Crippen MR) is 72.7 cm³/mol. The number of non-ortho nitro benzene ring substituents is 1. The molecule has 5 nitrogen and oxygen atoms in total. The van der Waals surface area contributed by atoms with Gasteiger partial charge in [-0.1, -0.05) is 6.42 Å². The molecule has 98 valence electrons. The zero-order valence-corrected chi connectivity index (χ0v) is 10.6. The van der Waals surface area contributed by atoms with Crippen LogP contribution in [0, 0.1) is 16.0 Å². The summed E-state index contributed by atoms with van der Waals surface area (Å²) in [5, 5.41) is 10.7. The van der Waals surface area contributed by atoms with Crippen LogP contribution in [0.25, 0.3) is 0 Å². The van der Waals surface area contributed by atoms with E-state index in [1.165, 1.54) is 31.4 Å². The Balaban J connectivity index is 2.16. The smallest absolute Gasteiger partial charge is 0.271 e. The van der Waals surface area contributed by atoms with Gasteiger partial charge in [-0.15, -0.1) is 0 Å². The minimum atomic E-state index is -0.414. The summed E-state index contributed by atoms with van der Waals surface area (Å²) in [5.41, 5.74) is 7.38. The molecule has 0 aliphatic heterocycles. The van der Waals surface area contributed by atoms with Gasteiger partial charge in [0.05, 0.1) is 16.3 Å². The molecular formula is C13H19N3O2. The molecule has 0 aromatic heterocycles. The predicted octanol–water partition coefficient (Wildman–Crippen LogP) is 2.80. The number of nitrogens with zero attached hydrogens (tertiary/aromatic N) is 2. The topological polar surface area (TPSA) is 72.4 Å². The summed E-state index contributed by atoms with van der Waals surface area (Å²) in [4.78, 5) is 12.5. The van der Waals surface area contributed by atoms with E-state index in [1.807, 2.05) is 0 Å². The molecule has 2 rings (SSSR count). The lowest BCUT2D eigenvalue weighted by Crippen LogP contribution is -2.32. The third-order valence-corrected chi connectivity index (χ3v) is 3.65. The van der Waals surface area contributed by atoms with Gasteiger partial charge in [0, 0.05) is 25.2 Å². The van der Waals surface area contributed by atoms with Crippen molar-refractivity contribution < 1.29 is 4.92 Å². The first-order valence-electron chi connectivity index (χ1n) is 6.40. The van der Waals surface area contributed by atoms with E-state index in [4.69, 9.17) is 5.73 Å². The molecule has 0 bridgehead atoms. The van der Waals surface area contributed by atoms with E-state index in [0.29, 0.717) is 5.69 Å². The summed E-state index contributed by atoms with van der Waals surface area (Å²) in [6.07, 6.45) is 3.88. The van der Waals surface area contributed by atoms with Gasteiger partial charge in [0.15, 0.2) is 0 Å². The number of nitrogens with two attached hydrogens (primary N) is 1. The minimum Gasteiger partial charge on any atom is -0.397 e. The van der Waals surface area contributed by atoms with Gasteiger partial charge >= 0.3 is 0 Å². The van der Waals surface area contributed by atoms with E-state index < -0.39 is 4.92 Å². The highest BCUT2D eigenvalue weighted by Crippen LogP contribution is 2.32. The second-order valence-electron chi connectivity index (χ2n) is 4.84. The van der Waals surface area contributed by atoms with Crippen LogP contribution in [0.15, 0.2) is 18.2 Å². The van der Waals surface area contributed by atoms with Gasteiger partial charge in [-0.2, -0.15) is 0 Å². The maximum atomic E-state index is 10.7. The van der Waals surface area contributed by atoms with Crippen molar-refractivity contribution in [3.63, 3.8) is 0 Å². The molecule has 0 atom stereocenters. The van der Waals surface area contributed by atoms with Crippen molar-refractivity contribution in [2.24, 2.45) is 5.92 Å². The molecule has 1 aliphatic rings. The Bertz CT molecular complexity index is 444. The Hall–Kier alpha value is -1.78.